The van der Waals surface area contributed by atoms with Gasteiger partial charge in [0.05, 0.1) is 6.07 Å². The molecule has 0 aliphatic rings. The van der Waals surface area contributed by atoms with Crippen molar-refractivity contribution in [1.82, 2.24) is 0 Å². The van der Waals surface area contributed by atoms with E-state index in [0.29, 0.717) is 4.14 Å². The molecule has 0 aliphatic heterocycles. The molecule has 0 aliphatic carbocycles. The molecule has 0 saturated heterocycles. The summed E-state index contributed by atoms with van der Waals surface area (Å²) in [5.41, 5.74) is 0. The minimum atomic E-state index is 0. The van der Waals surface area contributed by atoms with Gasteiger partial charge in [0, 0.05) is 6.92 Å². The number of rotatable bonds is 0. The third kappa shape index (κ3) is 6390. The van der Waals surface area contributed by atoms with E-state index >= 15 is 0 Å². The quantitative estimate of drug-likeness (QED) is 0.563. The van der Waals surface area contributed by atoms with Crippen molar-refractivity contribution >= 4 is 0 Å². The number of nitrogens with zero attached hydrogens (tertiary/aromatic N) is 1. The van der Waals surface area contributed by atoms with Gasteiger partial charge in [-0.25, -0.2) is 0 Å². The summed E-state index contributed by atoms with van der Waals surface area (Å²) < 4.78 is 0.643. The second-order valence-corrected chi connectivity index (χ2v) is 2.86. The van der Waals surface area contributed by atoms with Crippen LogP contribution in [0, 0.1) is 11.3 Å². The Hall–Kier alpha value is 0.160. The van der Waals surface area contributed by atoms with Gasteiger partial charge >= 0.3 is 39.1 Å². The maximum absolute atomic E-state index is 7.32. The van der Waals surface area contributed by atoms with E-state index in [0.717, 1.165) is 0 Å². The molecule has 0 aromatic rings. The van der Waals surface area contributed by atoms with Crippen LogP contribution in [0.4, 0.5) is 4.70 Å². The van der Waals surface area contributed by atoms with E-state index in [1.54, 1.807) is 6.07 Å². The molecule has 0 rings (SSSR count). The van der Waals surface area contributed by atoms with Crippen molar-refractivity contribution < 1.29 is 25.8 Å². The van der Waals surface area contributed by atoms with Crippen LogP contribution in [-0.2, 0) is 21.1 Å². The van der Waals surface area contributed by atoms with Crippen molar-refractivity contribution in [2.75, 3.05) is 0 Å². The second-order valence-electron chi connectivity index (χ2n) is 1.15. The molecule has 0 bridgehead atoms. The molecule has 0 amide bonds. The molecule has 0 heterocycles. The molecule has 0 atom stereocenters. The van der Waals surface area contributed by atoms with E-state index in [1.807, 2.05) is 0 Å². The molecule has 8 heavy (non-hydrogen) atoms. The maximum atomic E-state index is 7.32. The van der Waals surface area contributed by atoms with Crippen LogP contribution in [0.25, 0.3) is 0 Å². The average Bonchev–Trinajstić information content (AvgIpc) is 1.33. The van der Waals surface area contributed by atoms with E-state index in [2.05, 4.69) is 34.9 Å². The Bertz CT molecular complexity index is 55.2. The fourth-order valence-corrected chi connectivity index (χ4v) is 0. The fourth-order valence-electron chi connectivity index (χ4n) is 0. The third-order valence-corrected chi connectivity index (χ3v) is 0. The van der Waals surface area contributed by atoms with Crippen molar-refractivity contribution in [1.29, 1.82) is 5.26 Å². The molecule has 0 aromatic heterocycles. The number of hydrogen-bond acceptors (Lipinski definition) is 1. The van der Waals surface area contributed by atoms with Crippen molar-refractivity contribution in [3.63, 3.8) is 0 Å². The smallest absolute Gasteiger partial charge is 0.269 e. The van der Waals surface area contributed by atoms with Crippen molar-refractivity contribution in [2.45, 2.75) is 24.9 Å². The Labute approximate surface area is 62.4 Å². The van der Waals surface area contributed by atoms with Crippen LogP contribution in [0.3, 0.4) is 0 Å². The van der Waals surface area contributed by atoms with E-state index in [9.17, 15) is 0 Å². The molecule has 1 nitrogen and oxygen atoms in total. The molecular weight excluding hydrogens is 201 g/mol. The van der Waals surface area contributed by atoms with Gasteiger partial charge in [0.15, 0.2) is 0 Å². The van der Waals surface area contributed by atoms with Crippen molar-refractivity contribution in [3.8, 4) is 6.07 Å². The normalized spacial score (nSPS) is 5.62. The van der Waals surface area contributed by atoms with Crippen molar-refractivity contribution in [3.05, 3.63) is 0 Å². The van der Waals surface area contributed by atoms with Gasteiger partial charge in [-0.1, -0.05) is 0 Å². The first-order valence-corrected chi connectivity index (χ1v) is 2.91. The summed E-state index contributed by atoms with van der Waals surface area (Å²) in [7, 11) is 0. The van der Waals surface area contributed by atoms with Crippen molar-refractivity contribution in [2.24, 2.45) is 0 Å². The Morgan fingerprint density at radius 2 is 1.50 bits per heavy atom. The molecule has 54 valence electrons. The largest absolute Gasteiger partial charge is 0.269 e. The SMILES string of the molecule is CC#N.C[CH](C)[Ag].F. The maximum Gasteiger partial charge on any atom is -0.269 e. The van der Waals surface area contributed by atoms with Crippen LogP contribution in [0.5, 0.6) is 0 Å². The predicted octanol–water partition coefficient (Wildman–Crippen LogP) is 2.04. The first kappa shape index (κ1) is 15.7. The summed E-state index contributed by atoms with van der Waals surface area (Å²) in [5, 5.41) is 7.32. The minimum Gasteiger partial charge on any atom is -0.269 e. The van der Waals surface area contributed by atoms with Crippen LogP contribution in [0.1, 0.15) is 20.8 Å². The first-order chi connectivity index (χ1) is 3.15. The summed E-state index contributed by atoms with van der Waals surface area (Å²) in [6, 6.07) is 1.75. The molecule has 0 saturated carbocycles. The van der Waals surface area contributed by atoms with E-state index in [1.165, 1.54) is 6.92 Å². The summed E-state index contributed by atoms with van der Waals surface area (Å²) in [6.07, 6.45) is 0. The summed E-state index contributed by atoms with van der Waals surface area (Å²) >= 11 is 3.29. The summed E-state index contributed by atoms with van der Waals surface area (Å²) in [6.45, 7) is 5.60. The molecular formula is C5H11AgFN. The van der Waals surface area contributed by atoms with Crippen LogP contribution in [-0.4, -0.2) is 0 Å². The van der Waals surface area contributed by atoms with Gasteiger partial charge in [-0.15, -0.1) is 0 Å². The van der Waals surface area contributed by atoms with Crippen LogP contribution in [0.15, 0.2) is 0 Å². The van der Waals surface area contributed by atoms with Gasteiger partial charge in [0.1, 0.15) is 0 Å². The third-order valence-electron chi connectivity index (χ3n) is 0. The monoisotopic (exact) mass is 211 g/mol. The van der Waals surface area contributed by atoms with Gasteiger partial charge in [-0.3, -0.25) is 4.70 Å². The first-order valence-electron chi connectivity index (χ1n) is 2.05. The Morgan fingerprint density at radius 3 is 1.50 bits per heavy atom. The minimum absolute atomic E-state index is 0. The molecule has 0 unspecified atom stereocenters. The molecule has 0 spiro atoms. The fraction of sp³-hybridized carbons (Fsp3) is 0.800. The molecule has 0 radical (unpaired) electrons. The van der Waals surface area contributed by atoms with Gasteiger partial charge in [-0.05, 0) is 0 Å². The Morgan fingerprint density at radius 1 is 1.50 bits per heavy atom. The van der Waals surface area contributed by atoms with Gasteiger partial charge in [-0.2, -0.15) is 5.26 Å². The topological polar surface area (TPSA) is 23.8 Å². The van der Waals surface area contributed by atoms with Crippen LogP contribution < -0.4 is 0 Å². The van der Waals surface area contributed by atoms with E-state index in [-0.39, 0.29) is 4.70 Å². The van der Waals surface area contributed by atoms with Crippen LogP contribution >= 0.6 is 0 Å². The molecule has 3 heteroatoms. The molecule has 0 N–H and O–H groups in total. The molecule has 0 aromatic carbocycles. The standard InChI is InChI=1S/C3H7.C2H3N.Ag.FH/c1-3-2;1-2-3;;/h3H,1-2H3;1H3;;1H. The summed E-state index contributed by atoms with van der Waals surface area (Å²) in [4.78, 5) is 0. The summed E-state index contributed by atoms with van der Waals surface area (Å²) in [5.74, 6) is 0. The Balaban J connectivity index is -0.0000000575. The number of halogens is 1. The second kappa shape index (κ2) is 15.7. The zero-order valence-electron chi connectivity index (χ0n) is 5.23. The average molecular weight is 212 g/mol. The zero-order valence-corrected chi connectivity index (χ0v) is 6.72. The van der Waals surface area contributed by atoms with Crippen LogP contribution in [0.2, 0.25) is 4.14 Å². The van der Waals surface area contributed by atoms with E-state index < -0.39 is 0 Å². The Kier molecular flexibility index (Phi) is 30.8. The predicted molar refractivity (Wildman–Crippen MR) is 28.9 cm³/mol. The zero-order chi connectivity index (χ0) is 6.28. The van der Waals surface area contributed by atoms with Gasteiger partial charge in [0.2, 0.25) is 0 Å². The number of nitriles is 1. The number of hydrogen-bond donors (Lipinski definition) is 0. The van der Waals surface area contributed by atoms with Gasteiger partial charge < -0.3 is 0 Å². The van der Waals surface area contributed by atoms with E-state index in [4.69, 9.17) is 5.26 Å². The molecule has 0 fully saturated rings. The van der Waals surface area contributed by atoms with Gasteiger partial charge in [0.25, 0.3) is 0 Å².